The molecule has 0 amide bonds. The maximum Gasteiger partial charge on any atom is 0.0547 e. The minimum absolute atomic E-state index is 1.11. The monoisotopic (exact) mass is 638 g/mol. The highest BCUT2D eigenvalue weighted by Gasteiger charge is 2.20. The molecule has 8 aromatic carbocycles. The SMILES string of the molecule is c1ccc(-c2ccc(-c3ccccc3N(c3ccccc3)c3ccccc3)c(-c3ccc4c5ccccc5n(-c5ccccc5)c4c3)c2)cc1. The molecule has 0 saturated carbocycles. The van der Waals surface area contributed by atoms with Gasteiger partial charge >= 0.3 is 0 Å². The quantitative estimate of drug-likeness (QED) is 0.169. The minimum Gasteiger partial charge on any atom is -0.310 e. The number of hydrogen-bond acceptors (Lipinski definition) is 1. The van der Waals surface area contributed by atoms with Gasteiger partial charge in [0.05, 0.1) is 16.7 Å². The van der Waals surface area contributed by atoms with Crippen LogP contribution in [0.15, 0.2) is 206 Å². The molecule has 0 aliphatic rings. The van der Waals surface area contributed by atoms with Crippen LogP contribution in [-0.4, -0.2) is 4.57 Å². The lowest BCUT2D eigenvalue weighted by atomic mass is 9.89. The summed E-state index contributed by atoms with van der Waals surface area (Å²) in [7, 11) is 0. The zero-order valence-corrected chi connectivity index (χ0v) is 27.5. The van der Waals surface area contributed by atoms with Crippen LogP contribution in [0, 0.1) is 0 Å². The number of anilines is 3. The number of fused-ring (bicyclic) bond motifs is 3. The van der Waals surface area contributed by atoms with Gasteiger partial charge < -0.3 is 9.47 Å². The summed E-state index contributed by atoms with van der Waals surface area (Å²) < 4.78 is 2.40. The third-order valence-corrected chi connectivity index (χ3v) is 9.59. The number of aromatic nitrogens is 1. The molecule has 0 bridgehead atoms. The van der Waals surface area contributed by atoms with E-state index >= 15 is 0 Å². The summed E-state index contributed by atoms with van der Waals surface area (Å²) in [4.78, 5) is 2.36. The number of nitrogens with zero attached hydrogens (tertiary/aromatic N) is 2. The molecule has 0 radical (unpaired) electrons. The molecule has 236 valence electrons. The van der Waals surface area contributed by atoms with Crippen molar-refractivity contribution in [2.24, 2.45) is 0 Å². The standard InChI is InChI=1S/C48H34N2/c1-5-17-35(18-6-1)36-29-31-41(42-25-13-15-27-46(42)49(38-19-7-2-8-20-38)39-21-9-3-10-22-39)45(33-36)37-30-32-44-43-26-14-16-28-47(43)50(48(44)34-37)40-23-11-4-12-24-40/h1-34H. The first kappa shape index (κ1) is 29.5. The Labute approximate surface area is 292 Å². The Bertz CT molecular complexity index is 2530. The van der Waals surface area contributed by atoms with Crippen molar-refractivity contribution < 1.29 is 0 Å². The molecule has 0 atom stereocenters. The number of hydrogen-bond donors (Lipinski definition) is 0. The normalized spacial score (nSPS) is 11.2. The highest BCUT2D eigenvalue weighted by atomic mass is 15.1. The summed E-state index contributed by atoms with van der Waals surface area (Å²) in [6.45, 7) is 0. The smallest absolute Gasteiger partial charge is 0.0547 e. The summed E-state index contributed by atoms with van der Waals surface area (Å²) >= 11 is 0. The fourth-order valence-electron chi connectivity index (χ4n) is 7.30. The second-order valence-electron chi connectivity index (χ2n) is 12.6. The summed E-state index contributed by atoms with van der Waals surface area (Å²) in [6, 6.07) is 74.1. The Morgan fingerprint density at radius 2 is 0.880 bits per heavy atom. The predicted molar refractivity (Wildman–Crippen MR) is 212 cm³/mol. The second kappa shape index (κ2) is 12.8. The highest BCUT2D eigenvalue weighted by Crippen LogP contribution is 2.45. The van der Waals surface area contributed by atoms with Crippen LogP contribution in [0.3, 0.4) is 0 Å². The molecule has 9 rings (SSSR count). The van der Waals surface area contributed by atoms with Gasteiger partial charge in [-0.3, -0.25) is 0 Å². The molecular formula is C48H34N2. The second-order valence-corrected chi connectivity index (χ2v) is 12.6. The van der Waals surface area contributed by atoms with Crippen molar-refractivity contribution in [3.8, 4) is 39.1 Å². The summed E-state index contributed by atoms with van der Waals surface area (Å²) in [5.74, 6) is 0. The van der Waals surface area contributed by atoms with E-state index in [2.05, 4.69) is 216 Å². The van der Waals surface area contributed by atoms with Crippen molar-refractivity contribution in [2.45, 2.75) is 0 Å². The average molecular weight is 639 g/mol. The van der Waals surface area contributed by atoms with Gasteiger partial charge in [-0.25, -0.2) is 0 Å². The fraction of sp³-hybridized carbons (Fsp3) is 0. The van der Waals surface area contributed by atoms with Gasteiger partial charge in [0.15, 0.2) is 0 Å². The zero-order chi connectivity index (χ0) is 33.3. The summed E-state index contributed by atoms with van der Waals surface area (Å²) in [6.07, 6.45) is 0. The first-order valence-electron chi connectivity index (χ1n) is 17.1. The van der Waals surface area contributed by atoms with Crippen LogP contribution in [0.1, 0.15) is 0 Å². The van der Waals surface area contributed by atoms with E-state index in [9.17, 15) is 0 Å². The van der Waals surface area contributed by atoms with Gasteiger partial charge in [0, 0.05) is 33.4 Å². The Hall–Kier alpha value is -6.64. The Balaban J connectivity index is 1.31. The van der Waals surface area contributed by atoms with Crippen LogP contribution < -0.4 is 4.90 Å². The van der Waals surface area contributed by atoms with Crippen molar-refractivity contribution in [2.75, 3.05) is 4.90 Å². The van der Waals surface area contributed by atoms with Crippen molar-refractivity contribution >= 4 is 38.9 Å². The molecule has 50 heavy (non-hydrogen) atoms. The van der Waals surface area contributed by atoms with Crippen LogP contribution in [0.5, 0.6) is 0 Å². The minimum atomic E-state index is 1.11. The molecule has 0 fully saturated rings. The largest absolute Gasteiger partial charge is 0.310 e. The number of para-hydroxylation sites is 5. The lowest BCUT2D eigenvalue weighted by Gasteiger charge is -2.28. The van der Waals surface area contributed by atoms with E-state index in [1.165, 1.54) is 55.2 Å². The maximum atomic E-state index is 2.40. The van der Waals surface area contributed by atoms with E-state index in [0.29, 0.717) is 0 Å². The van der Waals surface area contributed by atoms with Crippen LogP contribution >= 0.6 is 0 Å². The molecule has 1 aromatic heterocycles. The van der Waals surface area contributed by atoms with Gasteiger partial charge in [-0.15, -0.1) is 0 Å². The molecule has 0 N–H and O–H groups in total. The predicted octanol–water partition coefficient (Wildman–Crippen LogP) is 13.3. The lowest BCUT2D eigenvalue weighted by molar-refractivity contribution is 1.18. The number of benzene rings is 8. The van der Waals surface area contributed by atoms with E-state index in [1.54, 1.807) is 0 Å². The summed E-state index contributed by atoms with van der Waals surface area (Å²) in [5.41, 5.74) is 14.0. The molecular weight excluding hydrogens is 605 g/mol. The van der Waals surface area contributed by atoms with Crippen molar-refractivity contribution in [1.29, 1.82) is 0 Å². The van der Waals surface area contributed by atoms with Gasteiger partial charge in [0.1, 0.15) is 0 Å². The Kier molecular flexibility index (Phi) is 7.53. The van der Waals surface area contributed by atoms with E-state index in [1.807, 2.05) is 0 Å². The molecule has 1 heterocycles. The van der Waals surface area contributed by atoms with Gasteiger partial charge in [-0.1, -0.05) is 146 Å². The topological polar surface area (TPSA) is 8.17 Å². The van der Waals surface area contributed by atoms with Gasteiger partial charge in [-0.2, -0.15) is 0 Å². The van der Waals surface area contributed by atoms with E-state index in [4.69, 9.17) is 0 Å². The number of rotatable bonds is 7. The first-order valence-corrected chi connectivity index (χ1v) is 17.1. The molecule has 0 saturated heterocycles. The van der Waals surface area contributed by atoms with Crippen LogP contribution in [-0.2, 0) is 0 Å². The third-order valence-electron chi connectivity index (χ3n) is 9.59. The van der Waals surface area contributed by atoms with E-state index in [-0.39, 0.29) is 0 Å². The van der Waals surface area contributed by atoms with E-state index in [0.717, 1.165) is 22.7 Å². The average Bonchev–Trinajstić information content (AvgIpc) is 3.53. The Morgan fingerprint density at radius 1 is 0.320 bits per heavy atom. The molecule has 0 spiro atoms. The molecule has 0 unspecified atom stereocenters. The summed E-state index contributed by atoms with van der Waals surface area (Å²) in [5, 5.41) is 2.50. The van der Waals surface area contributed by atoms with E-state index < -0.39 is 0 Å². The maximum absolute atomic E-state index is 2.40. The lowest BCUT2D eigenvalue weighted by Crippen LogP contribution is -2.11. The third kappa shape index (κ3) is 5.24. The van der Waals surface area contributed by atoms with Gasteiger partial charge in [-0.05, 0) is 88.5 Å². The van der Waals surface area contributed by atoms with Gasteiger partial charge in [0.25, 0.3) is 0 Å². The van der Waals surface area contributed by atoms with Crippen molar-refractivity contribution in [3.05, 3.63) is 206 Å². The van der Waals surface area contributed by atoms with Crippen LogP contribution in [0.25, 0.3) is 60.9 Å². The molecule has 0 aliphatic carbocycles. The molecule has 2 nitrogen and oxygen atoms in total. The molecule has 0 aliphatic heterocycles. The highest BCUT2D eigenvalue weighted by molar-refractivity contribution is 6.10. The molecule has 9 aromatic rings. The Morgan fingerprint density at radius 3 is 1.60 bits per heavy atom. The fourth-order valence-corrected chi connectivity index (χ4v) is 7.30. The van der Waals surface area contributed by atoms with Crippen molar-refractivity contribution in [3.63, 3.8) is 0 Å². The van der Waals surface area contributed by atoms with Crippen LogP contribution in [0.2, 0.25) is 0 Å². The van der Waals surface area contributed by atoms with Crippen molar-refractivity contribution in [1.82, 2.24) is 4.57 Å². The molecule has 2 heteroatoms. The first-order chi connectivity index (χ1) is 24.8. The zero-order valence-electron chi connectivity index (χ0n) is 27.5. The van der Waals surface area contributed by atoms with Gasteiger partial charge in [0.2, 0.25) is 0 Å². The van der Waals surface area contributed by atoms with Crippen LogP contribution in [0.4, 0.5) is 17.1 Å².